The summed E-state index contributed by atoms with van der Waals surface area (Å²) in [5.41, 5.74) is 1.20. The van der Waals surface area contributed by atoms with Crippen LogP contribution in [0.1, 0.15) is 38.7 Å². The van der Waals surface area contributed by atoms with Gasteiger partial charge in [0.15, 0.2) is 0 Å². The van der Waals surface area contributed by atoms with E-state index in [-0.39, 0.29) is 0 Å². The van der Waals surface area contributed by atoms with Crippen molar-refractivity contribution in [1.82, 2.24) is 5.01 Å². The molecular weight excluding hydrogens is 244 g/mol. The lowest BCUT2D eigenvalue weighted by Gasteiger charge is -2.36. The molecule has 1 heterocycles. The molecule has 0 radical (unpaired) electrons. The lowest BCUT2D eigenvalue weighted by atomic mass is 10.00. The van der Waals surface area contributed by atoms with E-state index in [0.29, 0.717) is 12.1 Å². The monoisotopic (exact) mass is 266 g/mol. The van der Waals surface area contributed by atoms with Crippen LogP contribution in [0.15, 0.2) is 47.6 Å². The third-order valence-corrected chi connectivity index (χ3v) is 4.30. The second-order valence-corrected chi connectivity index (χ2v) is 5.82. The molecule has 0 aromatic heterocycles. The van der Waals surface area contributed by atoms with Crippen molar-refractivity contribution >= 4 is 17.0 Å². The molecule has 2 unspecified atom stereocenters. The molecule has 1 aliphatic heterocycles. The quantitative estimate of drug-likeness (QED) is 0.734. The van der Waals surface area contributed by atoms with Crippen molar-refractivity contribution in [2.75, 3.05) is 0 Å². The summed E-state index contributed by atoms with van der Waals surface area (Å²) in [6.07, 6.45) is 5.84. The molecule has 0 spiro atoms. The lowest BCUT2D eigenvalue weighted by molar-refractivity contribution is 0.109. The smallest absolute Gasteiger partial charge is 0.0549 e. The molecule has 0 saturated carbocycles. The van der Waals surface area contributed by atoms with Gasteiger partial charge in [-0.2, -0.15) is 5.10 Å². The zero-order valence-corrected chi connectivity index (χ0v) is 12.3. The third kappa shape index (κ3) is 2.55. The topological polar surface area (TPSA) is 15.6 Å². The maximum absolute atomic E-state index is 4.77. The number of hydrogen-bond donors (Lipinski definition) is 0. The van der Waals surface area contributed by atoms with Crippen LogP contribution in [0.4, 0.5) is 0 Å². The van der Waals surface area contributed by atoms with Gasteiger partial charge in [-0.15, -0.1) is 0 Å². The van der Waals surface area contributed by atoms with Crippen molar-refractivity contribution < 1.29 is 0 Å². The first-order valence-corrected chi connectivity index (χ1v) is 7.56. The maximum Gasteiger partial charge on any atom is 0.0549 e. The molecule has 1 saturated heterocycles. The number of nitrogens with zero attached hydrogens (tertiary/aromatic N) is 2. The fraction of sp³-hybridized carbons (Fsp3) is 0.389. The van der Waals surface area contributed by atoms with Gasteiger partial charge in [0.25, 0.3) is 0 Å². The minimum atomic E-state index is 0.546. The first kappa shape index (κ1) is 13.2. The van der Waals surface area contributed by atoms with E-state index in [1.54, 1.807) is 0 Å². The van der Waals surface area contributed by atoms with Gasteiger partial charge in [0.2, 0.25) is 0 Å². The standard InChI is InChI=1S/C18H22N2/c1-14-7-5-8-15(2)20(14)19-13-17-11-6-10-16-9-3-4-12-18(16)17/h3-4,6,9-15H,5,7-8H2,1-2H3/b19-13+. The van der Waals surface area contributed by atoms with Crippen LogP contribution in [0.25, 0.3) is 10.8 Å². The Hall–Kier alpha value is -1.83. The predicted octanol–water partition coefficient (Wildman–Crippen LogP) is 4.44. The van der Waals surface area contributed by atoms with E-state index < -0.39 is 0 Å². The van der Waals surface area contributed by atoms with Crippen LogP contribution in [0.3, 0.4) is 0 Å². The summed E-state index contributed by atoms with van der Waals surface area (Å²) in [5, 5.41) is 9.59. The van der Waals surface area contributed by atoms with Crippen molar-refractivity contribution in [3.8, 4) is 0 Å². The molecule has 104 valence electrons. The lowest BCUT2D eigenvalue weighted by Crippen LogP contribution is -2.39. The van der Waals surface area contributed by atoms with E-state index in [9.17, 15) is 0 Å². The van der Waals surface area contributed by atoms with Gasteiger partial charge in [0, 0.05) is 17.6 Å². The highest BCUT2D eigenvalue weighted by molar-refractivity contribution is 5.99. The minimum Gasteiger partial charge on any atom is -0.292 e. The van der Waals surface area contributed by atoms with Gasteiger partial charge < -0.3 is 0 Å². The summed E-state index contributed by atoms with van der Waals surface area (Å²) in [6.45, 7) is 4.55. The summed E-state index contributed by atoms with van der Waals surface area (Å²) in [5.74, 6) is 0. The van der Waals surface area contributed by atoms with E-state index in [1.165, 1.54) is 35.6 Å². The van der Waals surface area contributed by atoms with Crippen LogP contribution in [0.5, 0.6) is 0 Å². The Balaban J connectivity index is 1.90. The van der Waals surface area contributed by atoms with Gasteiger partial charge in [-0.1, -0.05) is 42.5 Å². The van der Waals surface area contributed by atoms with Crippen molar-refractivity contribution in [3.63, 3.8) is 0 Å². The number of hydrogen-bond acceptors (Lipinski definition) is 2. The number of benzene rings is 2. The second kappa shape index (κ2) is 5.66. The minimum absolute atomic E-state index is 0.546. The highest BCUT2D eigenvalue weighted by Crippen LogP contribution is 2.23. The largest absolute Gasteiger partial charge is 0.292 e. The Labute approximate surface area is 121 Å². The molecular formula is C18H22N2. The molecule has 2 aromatic carbocycles. The van der Waals surface area contributed by atoms with Gasteiger partial charge in [-0.25, -0.2) is 0 Å². The fourth-order valence-corrected chi connectivity index (χ4v) is 3.13. The Bertz CT molecular complexity index is 602. The van der Waals surface area contributed by atoms with Crippen LogP contribution in [0.2, 0.25) is 0 Å². The van der Waals surface area contributed by atoms with E-state index in [4.69, 9.17) is 5.10 Å². The molecule has 0 bridgehead atoms. The fourth-order valence-electron chi connectivity index (χ4n) is 3.13. The molecule has 1 fully saturated rings. The first-order chi connectivity index (χ1) is 9.75. The summed E-state index contributed by atoms with van der Waals surface area (Å²) in [4.78, 5) is 0. The van der Waals surface area contributed by atoms with Gasteiger partial charge in [0.1, 0.15) is 0 Å². The zero-order valence-electron chi connectivity index (χ0n) is 12.3. The number of hydrazone groups is 1. The van der Waals surface area contributed by atoms with Crippen LogP contribution in [-0.2, 0) is 0 Å². The summed E-state index contributed by atoms with van der Waals surface area (Å²) in [7, 11) is 0. The van der Waals surface area contributed by atoms with Gasteiger partial charge in [-0.05, 0) is 43.9 Å². The molecule has 2 heteroatoms. The molecule has 0 N–H and O–H groups in total. The van der Waals surface area contributed by atoms with Crippen LogP contribution in [0, 0.1) is 0 Å². The van der Waals surface area contributed by atoms with Crippen molar-refractivity contribution in [2.45, 2.75) is 45.2 Å². The molecule has 0 aliphatic carbocycles. The zero-order chi connectivity index (χ0) is 13.9. The van der Waals surface area contributed by atoms with E-state index >= 15 is 0 Å². The number of fused-ring (bicyclic) bond motifs is 1. The molecule has 1 aliphatic rings. The predicted molar refractivity (Wildman–Crippen MR) is 86.2 cm³/mol. The van der Waals surface area contributed by atoms with Crippen LogP contribution in [-0.4, -0.2) is 23.3 Å². The van der Waals surface area contributed by atoms with Crippen molar-refractivity contribution in [2.24, 2.45) is 5.10 Å². The Morgan fingerprint density at radius 2 is 1.70 bits per heavy atom. The van der Waals surface area contributed by atoms with Crippen LogP contribution >= 0.6 is 0 Å². The second-order valence-electron chi connectivity index (χ2n) is 5.82. The van der Waals surface area contributed by atoms with Gasteiger partial charge >= 0.3 is 0 Å². The van der Waals surface area contributed by atoms with Crippen molar-refractivity contribution in [3.05, 3.63) is 48.0 Å². The molecule has 3 rings (SSSR count). The number of piperidine rings is 1. The highest BCUT2D eigenvalue weighted by Gasteiger charge is 2.22. The SMILES string of the molecule is CC1CCCC(C)N1/N=C/c1cccc2ccccc12. The van der Waals surface area contributed by atoms with Crippen molar-refractivity contribution in [1.29, 1.82) is 0 Å². The molecule has 2 nitrogen and oxygen atoms in total. The van der Waals surface area contributed by atoms with Gasteiger partial charge in [-0.3, -0.25) is 5.01 Å². The van der Waals surface area contributed by atoms with Gasteiger partial charge in [0.05, 0.1) is 6.21 Å². The van der Waals surface area contributed by atoms with Crippen LogP contribution < -0.4 is 0 Å². The summed E-state index contributed by atoms with van der Waals surface area (Å²) in [6, 6.07) is 16.0. The molecule has 0 amide bonds. The average Bonchev–Trinajstić information content (AvgIpc) is 2.47. The normalized spacial score (nSPS) is 23.6. The average molecular weight is 266 g/mol. The van der Waals surface area contributed by atoms with E-state index in [1.807, 2.05) is 6.21 Å². The van der Waals surface area contributed by atoms with E-state index in [2.05, 4.69) is 61.3 Å². The van der Waals surface area contributed by atoms with E-state index in [0.717, 1.165) is 0 Å². The molecule has 20 heavy (non-hydrogen) atoms. The Morgan fingerprint density at radius 3 is 2.50 bits per heavy atom. The summed E-state index contributed by atoms with van der Waals surface area (Å²) < 4.78 is 0. The third-order valence-electron chi connectivity index (χ3n) is 4.30. The number of rotatable bonds is 2. The highest BCUT2D eigenvalue weighted by atomic mass is 15.5. The summed E-state index contributed by atoms with van der Waals surface area (Å²) >= 11 is 0. The molecule has 2 aromatic rings. The Morgan fingerprint density at radius 1 is 1.00 bits per heavy atom. The Kier molecular flexibility index (Phi) is 3.72. The first-order valence-electron chi connectivity index (χ1n) is 7.56. The maximum atomic E-state index is 4.77. The molecule has 2 atom stereocenters.